The van der Waals surface area contributed by atoms with Crippen molar-refractivity contribution in [2.24, 2.45) is 5.92 Å². The van der Waals surface area contributed by atoms with E-state index in [1.165, 1.54) is 17.0 Å². The Kier molecular flexibility index (Phi) is 6.61. The van der Waals surface area contributed by atoms with E-state index in [1.54, 1.807) is 60.7 Å². The molecule has 1 saturated heterocycles. The van der Waals surface area contributed by atoms with Gasteiger partial charge in [-0.3, -0.25) is 14.5 Å². The number of halogens is 1. The SMILES string of the molecule is CC(C)COc1cccc(/C(O)=C2\C(=O)C(=O)N(c3cccc(Cl)c3)C2c2cccc(O)c2)c1. The average molecular weight is 478 g/mol. The number of carbonyl (C=O) groups is 2. The number of aliphatic hydroxyl groups is 1. The molecule has 1 unspecified atom stereocenters. The van der Waals surface area contributed by atoms with Crippen molar-refractivity contribution >= 4 is 34.7 Å². The van der Waals surface area contributed by atoms with Gasteiger partial charge >= 0.3 is 0 Å². The Bertz CT molecular complexity index is 1280. The maximum absolute atomic E-state index is 13.2. The quantitative estimate of drug-likeness (QED) is 0.270. The molecule has 1 amide bonds. The molecule has 1 aliphatic rings. The van der Waals surface area contributed by atoms with Crippen LogP contribution in [-0.4, -0.2) is 28.5 Å². The number of carbonyl (C=O) groups excluding carboxylic acids is 2. The standard InChI is InChI=1S/C27H24ClNO5/c1-16(2)15-34-22-11-4-7-18(13-22)25(31)23-24(17-6-3-10-21(30)12-17)29(27(33)26(23)32)20-9-5-8-19(28)14-20/h3-14,16,24,30-31H,15H2,1-2H3/b25-23+. The van der Waals surface area contributed by atoms with Crippen molar-refractivity contribution in [1.82, 2.24) is 0 Å². The fourth-order valence-electron chi connectivity index (χ4n) is 3.89. The summed E-state index contributed by atoms with van der Waals surface area (Å²) in [5, 5.41) is 21.7. The average Bonchev–Trinajstić information content (AvgIpc) is 3.08. The maximum atomic E-state index is 13.2. The Morgan fingerprint density at radius 1 is 1.03 bits per heavy atom. The Morgan fingerprint density at radius 3 is 2.47 bits per heavy atom. The topological polar surface area (TPSA) is 87.1 Å². The van der Waals surface area contributed by atoms with Gasteiger partial charge in [0.1, 0.15) is 17.3 Å². The first-order valence-corrected chi connectivity index (χ1v) is 11.2. The number of ketones is 1. The summed E-state index contributed by atoms with van der Waals surface area (Å²) in [5.74, 6) is -1.14. The van der Waals surface area contributed by atoms with Crippen LogP contribution in [0.25, 0.3) is 5.76 Å². The third kappa shape index (κ3) is 4.63. The van der Waals surface area contributed by atoms with Gasteiger partial charge in [-0.05, 0) is 53.9 Å². The molecule has 1 atom stereocenters. The number of benzene rings is 3. The van der Waals surface area contributed by atoms with Crippen molar-refractivity contribution in [3.8, 4) is 11.5 Å². The van der Waals surface area contributed by atoms with Crippen molar-refractivity contribution in [1.29, 1.82) is 0 Å². The fraction of sp³-hybridized carbons (Fsp3) is 0.185. The van der Waals surface area contributed by atoms with E-state index in [0.717, 1.165) is 0 Å². The number of aromatic hydroxyl groups is 1. The highest BCUT2D eigenvalue weighted by molar-refractivity contribution is 6.51. The van der Waals surface area contributed by atoms with Crippen LogP contribution in [-0.2, 0) is 9.59 Å². The molecule has 4 rings (SSSR count). The molecule has 6 nitrogen and oxygen atoms in total. The highest BCUT2D eigenvalue weighted by atomic mass is 35.5. The summed E-state index contributed by atoms with van der Waals surface area (Å²) in [6.45, 7) is 4.54. The third-order valence-electron chi connectivity index (χ3n) is 5.41. The van der Waals surface area contributed by atoms with Gasteiger partial charge in [-0.2, -0.15) is 0 Å². The summed E-state index contributed by atoms with van der Waals surface area (Å²) in [5.41, 5.74) is 1.12. The Morgan fingerprint density at radius 2 is 1.76 bits per heavy atom. The molecule has 1 aliphatic heterocycles. The minimum absolute atomic E-state index is 0.0294. The van der Waals surface area contributed by atoms with Crippen LogP contribution in [0.3, 0.4) is 0 Å². The van der Waals surface area contributed by atoms with Gasteiger partial charge in [0, 0.05) is 16.3 Å². The van der Waals surface area contributed by atoms with Crippen molar-refractivity contribution < 1.29 is 24.5 Å². The number of Topliss-reactive ketones (excluding diaryl/α,β-unsaturated/α-hetero) is 1. The zero-order chi connectivity index (χ0) is 24.4. The second-order valence-corrected chi connectivity index (χ2v) is 8.91. The molecule has 7 heteroatoms. The molecule has 3 aromatic rings. The van der Waals surface area contributed by atoms with Crippen LogP contribution in [0.2, 0.25) is 5.02 Å². The van der Waals surface area contributed by atoms with E-state index in [2.05, 4.69) is 0 Å². The predicted molar refractivity (Wildman–Crippen MR) is 131 cm³/mol. The predicted octanol–water partition coefficient (Wildman–Crippen LogP) is 5.71. The Hall–Kier alpha value is -3.77. The zero-order valence-corrected chi connectivity index (χ0v) is 19.5. The number of aliphatic hydroxyl groups excluding tert-OH is 1. The van der Waals surface area contributed by atoms with Crippen molar-refractivity contribution in [3.63, 3.8) is 0 Å². The Balaban J connectivity index is 1.88. The van der Waals surface area contributed by atoms with Gasteiger partial charge < -0.3 is 14.9 Å². The van der Waals surface area contributed by atoms with Crippen LogP contribution in [0.5, 0.6) is 11.5 Å². The van der Waals surface area contributed by atoms with Crippen LogP contribution in [0.15, 0.2) is 78.4 Å². The van der Waals surface area contributed by atoms with E-state index >= 15 is 0 Å². The first-order chi connectivity index (χ1) is 16.3. The summed E-state index contributed by atoms with van der Waals surface area (Å²) < 4.78 is 5.76. The van der Waals surface area contributed by atoms with E-state index in [9.17, 15) is 19.8 Å². The van der Waals surface area contributed by atoms with E-state index in [1.807, 2.05) is 13.8 Å². The monoisotopic (exact) mass is 477 g/mol. The van der Waals surface area contributed by atoms with Gasteiger partial charge in [-0.15, -0.1) is 0 Å². The molecule has 0 spiro atoms. The molecule has 3 aromatic carbocycles. The molecule has 0 saturated carbocycles. The van der Waals surface area contributed by atoms with Gasteiger partial charge in [-0.25, -0.2) is 0 Å². The number of rotatable bonds is 6. The lowest BCUT2D eigenvalue weighted by Crippen LogP contribution is -2.29. The lowest BCUT2D eigenvalue weighted by molar-refractivity contribution is -0.132. The van der Waals surface area contributed by atoms with Crippen LogP contribution < -0.4 is 9.64 Å². The van der Waals surface area contributed by atoms with Gasteiger partial charge in [0.2, 0.25) is 0 Å². The molecule has 1 heterocycles. The lowest BCUT2D eigenvalue weighted by atomic mass is 9.95. The number of phenolic OH excluding ortho intramolecular Hbond substituents is 1. The second kappa shape index (κ2) is 9.61. The summed E-state index contributed by atoms with van der Waals surface area (Å²) in [6, 6.07) is 18.6. The van der Waals surface area contributed by atoms with Crippen LogP contribution >= 0.6 is 11.6 Å². The minimum atomic E-state index is -0.967. The molecule has 0 bridgehead atoms. The zero-order valence-electron chi connectivity index (χ0n) is 18.7. The lowest BCUT2D eigenvalue weighted by Gasteiger charge is -2.25. The summed E-state index contributed by atoms with van der Waals surface area (Å²) in [4.78, 5) is 27.7. The molecule has 1 fully saturated rings. The molecule has 174 valence electrons. The molecular formula is C27H24ClNO5. The molecule has 0 radical (unpaired) electrons. The largest absolute Gasteiger partial charge is 0.508 e. The fourth-order valence-corrected chi connectivity index (χ4v) is 4.07. The van der Waals surface area contributed by atoms with Crippen LogP contribution in [0, 0.1) is 5.92 Å². The molecule has 34 heavy (non-hydrogen) atoms. The van der Waals surface area contributed by atoms with Crippen LogP contribution in [0.4, 0.5) is 5.69 Å². The molecule has 0 aliphatic carbocycles. The number of ether oxygens (including phenoxy) is 1. The molecule has 0 aromatic heterocycles. The van der Waals surface area contributed by atoms with Crippen molar-refractivity contribution in [2.75, 3.05) is 11.5 Å². The highest BCUT2D eigenvalue weighted by Gasteiger charge is 2.47. The first kappa shape index (κ1) is 23.4. The van der Waals surface area contributed by atoms with Gasteiger partial charge in [-0.1, -0.05) is 55.8 Å². The number of hydrogen-bond acceptors (Lipinski definition) is 5. The summed E-state index contributed by atoms with van der Waals surface area (Å²) >= 11 is 6.15. The normalized spacial score (nSPS) is 17.4. The van der Waals surface area contributed by atoms with Gasteiger partial charge in [0.15, 0.2) is 0 Å². The van der Waals surface area contributed by atoms with Crippen molar-refractivity contribution in [2.45, 2.75) is 19.9 Å². The minimum Gasteiger partial charge on any atom is -0.508 e. The summed E-state index contributed by atoms with van der Waals surface area (Å²) in [6.07, 6.45) is 0. The molecule has 2 N–H and O–H groups in total. The number of anilines is 1. The molecular weight excluding hydrogens is 454 g/mol. The van der Waals surface area contributed by atoms with Gasteiger partial charge in [0.05, 0.1) is 18.2 Å². The Labute approximate surface area is 202 Å². The van der Waals surface area contributed by atoms with E-state index in [0.29, 0.717) is 40.1 Å². The van der Waals surface area contributed by atoms with Gasteiger partial charge in [0.25, 0.3) is 11.7 Å². The maximum Gasteiger partial charge on any atom is 0.300 e. The third-order valence-corrected chi connectivity index (χ3v) is 5.64. The number of nitrogens with zero attached hydrogens (tertiary/aromatic N) is 1. The van der Waals surface area contributed by atoms with E-state index in [4.69, 9.17) is 16.3 Å². The second-order valence-electron chi connectivity index (χ2n) is 8.48. The van der Waals surface area contributed by atoms with Crippen LogP contribution in [0.1, 0.15) is 31.0 Å². The number of amides is 1. The smallest absolute Gasteiger partial charge is 0.300 e. The summed E-state index contributed by atoms with van der Waals surface area (Å²) in [7, 11) is 0. The van der Waals surface area contributed by atoms with Crippen molar-refractivity contribution in [3.05, 3.63) is 94.5 Å². The number of hydrogen-bond donors (Lipinski definition) is 2. The van der Waals surface area contributed by atoms with E-state index in [-0.39, 0.29) is 17.1 Å². The van der Waals surface area contributed by atoms with E-state index < -0.39 is 17.7 Å². The highest BCUT2D eigenvalue weighted by Crippen LogP contribution is 2.43. The number of phenols is 1. The first-order valence-electron chi connectivity index (χ1n) is 10.8.